The molecule has 0 bridgehead atoms. The van der Waals surface area contributed by atoms with E-state index in [0.29, 0.717) is 10.7 Å². The van der Waals surface area contributed by atoms with E-state index in [4.69, 9.17) is 27.3 Å². The van der Waals surface area contributed by atoms with E-state index in [-0.39, 0.29) is 23.6 Å². The maximum absolute atomic E-state index is 12.0. The van der Waals surface area contributed by atoms with Crippen molar-refractivity contribution in [2.45, 2.75) is 6.92 Å². The number of esters is 1. The molecule has 0 amide bonds. The molecule has 0 spiro atoms. The molecule has 2 N–H and O–H groups in total. The van der Waals surface area contributed by atoms with Gasteiger partial charge in [-0.1, -0.05) is 11.6 Å². The first-order valence-electron chi connectivity index (χ1n) is 5.92. The highest BCUT2D eigenvalue weighted by Crippen LogP contribution is 2.25. The largest absolute Gasteiger partial charge is 0.461 e. The number of aromatic nitrogens is 1. The molecule has 1 aromatic carbocycles. The van der Waals surface area contributed by atoms with E-state index in [1.54, 1.807) is 31.2 Å². The summed E-state index contributed by atoms with van der Waals surface area (Å²) >= 11 is 5.84. The fourth-order valence-electron chi connectivity index (χ4n) is 1.82. The normalized spacial score (nSPS) is 10.1. The molecule has 0 aliphatic heterocycles. The second-order valence-corrected chi connectivity index (χ2v) is 4.42. The summed E-state index contributed by atoms with van der Waals surface area (Å²) < 4.78 is 6.51. The number of rotatable bonds is 3. The van der Waals surface area contributed by atoms with Crippen LogP contribution in [0.5, 0.6) is 0 Å². The van der Waals surface area contributed by atoms with Crippen LogP contribution in [0.4, 0.5) is 5.69 Å². The number of nitriles is 1. The van der Waals surface area contributed by atoms with Gasteiger partial charge in [0.05, 0.1) is 17.9 Å². The fraction of sp³-hybridized carbons (Fsp3) is 0.143. The zero-order valence-corrected chi connectivity index (χ0v) is 11.5. The molecule has 0 saturated heterocycles. The molecule has 0 aliphatic rings. The molecule has 0 unspecified atom stereocenters. The highest BCUT2D eigenvalue weighted by Gasteiger charge is 2.21. The maximum Gasteiger partial charge on any atom is 0.357 e. The van der Waals surface area contributed by atoms with E-state index in [0.717, 1.165) is 0 Å². The van der Waals surface area contributed by atoms with E-state index in [1.807, 2.05) is 6.07 Å². The van der Waals surface area contributed by atoms with Crippen LogP contribution in [-0.2, 0) is 4.74 Å². The quantitative estimate of drug-likeness (QED) is 0.881. The van der Waals surface area contributed by atoms with E-state index in [9.17, 15) is 4.79 Å². The van der Waals surface area contributed by atoms with Crippen molar-refractivity contribution in [1.82, 2.24) is 4.57 Å². The third-order valence-corrected chi connectivity index (χ3v) is 2.99. The second kappa shape index (κ2) is 5.68. The van der Waals surface area contributed by atoms with E-state index in [1.165, 1.54) is 10.8 Å². The average molecular weight is 290 g/mol. The van der Waals surface area contributed by atoms with Crippen molar-refractivity contribution in [2.24, 2.45) is 0 Å². The number of hydrogen-bond donors (Lipinski definition) is 1. The van der Waals surface area contributed by atoms with Gasteiger partial charge >= 0.3 is 5.97 Å². The number of halogens is 1. The first-order valence-corrected chi connectivity index (χ1v) is 6.30. The Morgan fingerprint density at radius 3 is 2.65 bits per heavy atom. The van der Waals surface area contributed by atoms with Gasteiger partial charge in [0, 0.05) is 16.9 Å². The number of anilines is 1. The first-order chi connectivity index (χ1) is 9.58. The van der Waals surface area contributed by atoms with Crippen LogP contribution in [0.15, 0.2) is 30.5 Å². The van der Waals surface area contributed by atoms with Crippen molar-refractivity contribution in [3.8, 4) is 11.8 Å². The molecule has 0 radical (unpaired) electrons. The van der Waals surface area contributed by atoms with Gasteiger partial charge in [0.15, 0.2) is 5.69 Å². The van der Waals surface area contributed by atoms with Crippen molar-refractivity contribution < 1.29 is 9.53 Å². The summed E-state index contributed by atoms with van der Waals surface area (Å²) in [7, 11) is 0. The Labute approximate surface area is 121 Å². The lowest BCUT2D eigenvalue weighted by Crippen LogP contribution is -2.12. The van der Waals surface area contributed by atoms with Crippen molar-refractivity contribution >= 4 is 23.3 Å². The summed E-state index contributed by atoms with van der Waals surface area (Å²) in [4.78, 5) is 12.0. The minimum Gasteiger partial charge on any atom is -0.461 e. The Kier molecular flexibility index (Phi) is 3.97. The van der Waals surface area contributed by atoms with E-state index < -0.39 is 5.97 Å². The third kappa shape index (κ3) is 2.46. The summed E-state index contributed by atoms with van der Waals surface area (Å²) in [5.41, 5.74) is 7.00. The lowest BCUT2D eigenvalue weighted by molar-refractivity contribution is 0.0518. The molecule has 102 valence electrons. The van der Waals surface area contributed by atoms with Crippen LogP contribution in [0, 0.1) is 11.3 Å². The number of nitrogen functional groups attached to an aromatic ring is 1. The van der Waals surface area contributed by atoms with E-state index >= 15 is 0 Å². The fourth-order valence-corrected chi connectivity index (χ4v) is 1.95. The van der Waals surface area contributed by atoms with E-state index in [2.05, 4.69) is 0 Å². The van der Waals surface area contributed by atoms with Gasteiger partial charge in [0.1, 0.15) is 6.07 Å². The molecule has 1 aromatic heterocycles. The van der Waals surface area contributed by atoms with Crippen LogP contribution in [-0.4, -0.2) is 17.1 Å². The molecule has 0 atom stereocenters. The molecule has 6 heteroatoms. The van der Waals surface area contributed by atoms with Gasteiger partial charge in [-0.2, -0.15) is 5.26 Å². The Morgan fingerprint density at radius 1 is 1.45 bits per heavy atom. The monoisotopic (exact) mass is 289 g/mol. The van der Waals surface area contributed by atoms with Gasteiger partial charge in [-0.05, 0) is 31.2 Å². The minimum atomic E-state index is -0.568. The first kappa shape index (κ1) is 14.0. The predicted molar refractivity (Wildman–Crippen MR) is 75.9 cm³/mol. The predicted octanol–water partition coefficient (Wildman–Crippen LogP) is 2.76. The summed E-state index contributed by atoms with van der Waals surface area (Å²) in [5.74, 6) is -0.568. The lowest BCUT2D eigenvalue weighted by Gasteiger charge is -2.09. The molecular formula is C14H12ClN3O2. The lowest BCUT2D eigenvalue weighted by atomic mass is 10.2. The Morgan fingerprint density at radius 2 is 2.10 bits per heavy atom. The Balaban J connectivity index is 2.60. The number of carbonyl (C=O) groups is 1. The van der Waals surface area contributed by atoms with Crippen molar-refractivity contribution in [1.29, 1.82) is 5.26 Å². The van der Waals surface area contributed by atoms with Crippen LogP contribution in [0.25, 0.3) is 5.69 Å². The molecular weight excluding hydrogens is 278 g/mol. The highest BCUT2D eigenvalue weighted by molar-refractivity contribution is 6.30. The zero-order valence-electron chi connectivity index (χ0n) is 10.8. The van der Waals surface area contributed by atoms with Crippen molar-refractivity contribution in [3.05, 3.63) is 46.7 Å². The Hall–Kier alpha value is -2.45. The number of nitrogens with zero attached hydrogens (tertiary/aromatic N) is 2. The van der Waals surface area contributed by atoms with Gasteiger partial charge in [0.25, 0.3) is 0 Å². The number of carbonyl (C=O) groups excluding carboxylic acids is 1. The topological polar surface area (TPSA) is 81.0 Å². The highest BCUT2D eigenvalue weighted by atomic mass is 35.5. The standard InChI is InChI=1S/C14H12ClN3O2/c1-2-20-14(19)13-12(17)9(7-16)8-18(13)11-5-3-10(15)4-6-11/h3-6,8H,2,17H2,1H3. The van der Waals surface area contributed by atoms with Crippen molar-refractivity contribution in [3.63, 3.8) is 0 Å². The van der Waals surface area contributed by atoms with Crippen LogP contribution in [0.2, 0.25) is 5.02 Å². The molecule has 5 nitrogen and oxygen atoms in total. The molecule has 0 fully saturated rings. The van der Waals surface area contributed by atoms with Crippen LogP contribution < -0.4 is 5.73 Å². The molecule has 20 heavy (non-hydrogen) atoms. The minimum absolute atomic E-state index is 0.112. The van der Waals surface area contributed by atoms with Gasteiger partial charge < -0.3 is 15.0 Å². The maximum atomic E-state index is 12.0. The molecule has 0 aliphatic carbocycles. The second-order valence-electron chi connectivity index (χ2n) is 3.98. The summed E-state index contributed by atoms with van der Waals surface area (Å²) in [6.45, 7) is 1.93. The summed E-state index contributed by atoms with van der Waals surface area (Å²) in [6, 6.07) is 8.79. The van der Waals surface area contributed by atoms with Crippen LogP contribution >= 0.6 is 11.6 Å². The molecule has 2 aromatic rings. The smallest absolute Gasteiger partial charge is 0.357 e. The van der Waals surface area contributed by atoms with Gasteiger partial charge in [-0.15, -0.1) is 0 Å². The zero-order chi connectivity index (χ0) is 14.7. The van der Waals surface area contributed by atoms with Crippen LogP contribution in [0.3, 0.4) is 0 Å². The molecule has 1 heterocycles. The van der Waals surface area contributed by atoms with Gasteiger partial charge in [-0.3, -0.25) is 0 Å². The van der Waals surface area contributed by atoms with Crippen molar-refractivity contribution in [2.75, 3.05) is 12.3 Å². The summed E-state index contributed by atoms with van der Waals surface area (Å²) in [5, 5.41) is 9.62. The van der Waals surface area contributed by atoms with Gasteiger partial charge in [0.2, 0.25) is 0 Å². The van der Waals surface area contributed by atoms with Gasteiger partial charge in [-0.25, -0.2) is 4.79 Å². The Bertz CT molecular complexity index is 684. The number of benzene rings is 1. The molecule has 0 saturated carbocycles. The molecule has 2 rings (SSSR count). The summed E-state index contributed by atoms with van der Waals surface area (Å²) in [6.07, 6.45) is 1.50. The number of nitrogens with two attached hydrogens (primary N) is 1. The SMILES string of the molecule is CCOC(=O)c1c(N)c(C#N)cn1-c1ccc(Cl)cc1. The average Bonchev–Trinajstić information content (AvgIpc) is 2.77. The van der Waals surface area contributed by atoms with Crippen LogP contribution in [0.1, 0.15) is 23.0 Å². The number of hydrogen-bond acceptors (Lipinski definition) is 4. The number of ether oxygens (including phenoxy) is 1. The third-order valence-electron chi connectivity index (χ3n) is 2.74.